The molecule has 110 valence electrons. The maximum Gasteiger partial charge on any atom is 0.333 e. The molecular weight excluding hydrogens is 266 g/mol. The number of rotatable bonds is 7. The molecule has 7 heteroatoms. The lowest BCUT2D eigenvalue weighted by Gasteiger charge is -2.27. The molecule has 0 saturated heterocycles. The Morgan fingerprint density at radius 1 is 1.10 bits per heavy atom. The number of unbranched alkanes of at least 4 members (excludes halogenated alkanes) is 1. The summed E-state index contributed by atoms with van der Waals surface area (Å²) in [5.41, 5.74) is -0.410. The van der Waals surface area contributed by atoms with Crippen molar-refractivity contribution in [2.45, 2.75) is 26.2 Å². The van der Waals surface area contributed by atoms with Crippen molar-refractivity contribution in [3.8, 4) is 0 Å². The topological polar surface area (TPSA) is 115 Å². The fourth-order valence-corrected chi connectivity index (χ4v) is 2.01. The minimum atomic E-state index is -1.30. The third kappa shape index (κ3) is 3.84. The summed E-state index contributed by atoms with van der Waals surface area (Å²) in [6.07, 6.45) is 3.73. The van der Waals surface area contributed by atoms with Gasteiger partial charge in [-0.15, -0.1) is 0 Å². The van der Waals surface area contributed by atoms with Gasteiger partial charge in [0, 0.05) is 24.9 Å². The molecule has 0 atom stereocenters. The van der Waals surface area contributed by atoms with Crippen molar-refractivity contribution >= 4 is 17.9 Å². The van der Waals surface area contributed by atoms with E-state index in [4.69, 9.17) is 15.3 Å². The molecule has 1 aliphatic rings. The van der Waals surface area contributed by atoms with E-state index in [0.29, 0.717) is 6.54 Å². The van der Waals surface area contributed by atoms with Crippen molar-refractivity contribution in [1.82, 2.24) is 4.90 Å². The molecule has 1 heterocycles. The zero-order valence-electron chi connectivity index (χ0n) is 11.1. The molecule has 3 N–H and O–H groups in total. The van der Waals surface area contributed by atoms with Crippen LogP contribution in [-0.4, -0.2) is 44.7 Å². The number of hydrogen-bond donors (Lipinski definition) is 3. The van der Waals surface area contributed by atoms with E-state index in [0.717, 1.165) is 12.8 Å². The van der Waals surface area contributed by atoms with Crippen LogP contribution in [0.3, 0.4) is 0 Å². The summed E-state index contributed by atoms with van der Waals surface area (Å²) in [4.78, 5) is 34.7. The summed E-state index contributed by atoms with van der Waals surface area (Å²) in [5.74, 6) is -4.98. The van der Waals surface area contributed by atoms with Gasteiger partial charge in [0.15, 0.2) is 0 Å². The van der Waals surface area contributed by atoms with E-state index in [1.807, 2.05) is 6.92 Å². The van der Waals surface area contributed by atoms with Gasteiger partial charge < -0.3 is 20.2 Å². The molecule has 0 radical (unpaired) electrons. The Hall–Kier alpha value is -2.31. The van der Waals surface area contributed by atoms with Crippen LogP contribution >= 0.6 is 0 Å². The minimum Gasteiger partial charge on any atom is -0.481 e. The summed E-state index contributed by atoms with van der Waals surface area (Å²) in [6.45, 7) is 2.45. The zero-order valence-corrected chi connectivity index (χ0v) is 11.1. The van der Waals surface area contributed by atoms with E-state index in [-0.39, 0.29) is 11.1 Å². The Labute approximate surface area is 115 Å². The zero-order chi connectivity index (χ0) is 15.3. The van der Waals surface area contributed by atoms with Crippen LogP contribution in [-0.2, 0) is 14.4 Å². The first-order valence-corrected chi connectivity index (χ1v) is 6.24. The van der Waals surface area contributed by atoms with Gasteiger partial charge in [0.1, 0.15) is 0 Å². The second kappa shape index (κ2) is 6.74. The van der Waals surface area contributed by atoms with E-state index in [1.165, 1.54) is 17.3 Å². The number of hydrogen-bond acceptors (Lipinski definition) is 4. The maximum absolute atomic E-state index is 11.2. The van der Waals surface area contributed by atoms with Gasteiger partial charge in [-0.1, -0.05) is 13.3 Å². The highest BCUT2D eigenvalue weighted by Gasteiger charge is 2.34. The SMILES string of the molecule is CCCCN1C=C(C(=O)O)C(CC(=O)O)C(C(=O)O)=C1. The van der Waals surface area contributed by atoms with Gasteiger partial charge in [0.2, 0.25) is 0 Å². The smallest absolute Gasteiger partial charge is 0.333 e. The highest BCUT2D eigenvalue weighted by molar-refractivity contribution is 5.96. The molecule has 7 nitrogen and oxygen atoms in total. The lowest BCUT2D eigenvalue weighted by molar-refractivity contribution is -0.138. The fourth-order valence-electron chi connectivity index (χ4n) is 2.01. The Morgan fingerprint density at radius 3 is 1.95 bits per heavy atom. The first-order chi connectivity index (χ1) is 9.36. The van der Waals surface area contributed by atoms with Crippen LogP contribution in [0, 0.1) is 5.92 Å². The van der Waals surface area contributed by atoms with Crippen LogP contribution in [0.25, 0.3) is 0 Å². The van der Waals surface area contributed by atoms with Gasteiger partial charge >= 0.3 is 17.9 Å². The van der Waals surface area contributed by atoms with Gasteiger partial charge in [-0.25, -0.2) is 9.59 Å². The molecule has 0 saturated carbocycles. The van der Waals surface area contributed by atoms with E-state index < -0.39 is 30.2 Å². The fraction of sp³-hybridized carbons (Fsp3) is 0.462. The maximum atomic E-state index is 11.2. The van der Waals surface area contributed by atoms with Crippen LogP contribution in [0.2, 0.25) is 0 Å². The third-order valence-electron chi connectivity index (χ3n) is 3.00. The lowest BCUT2D eigenvalue weighted by Crippen LogP contribution is -2.30. The second-order valence-corrected chi connectivity index (χ2v) is 4.52. The summed E-state index contributed by atoms with van der Waals surface area (Å²) in [5, 5.41) is 27.1. The van der Waals surface area contributed by atoms with E-state index in [1.54, 1.807) is 0 Å². The monoisotopic (exact) mass is 283 g/mol. The number of carboxylic acid groups (broad SMARTS) is 3. The van der Waals surface area contributed by atoms with Crippen LogP contribution < -0.4 is 0 Å². The largest absolute Gasteiger partial charge is 0.481 e. The first-order valence-electron chi connectivity index (χ1n) is 6.24. The number of nitrogens with zero attached hydrogens (tertiary/aromatic N) is 1. The molecule has 0 spiro atoms. The molecule has 0 fully saturated rings. The standard InChI is InChI=1S/C13H17NO6/c1-2-3-4-14-6-9(12(17)18)8(5-11(15)16)10(7-14)13(19)20/h6-8H,2-5H2,1H3,(H,15,16)(H,17,18)(H,19,20). The number of carbonyl (C=O) groups is 3. The van der Waals surface area contributed by atoms with Crippen LogP contribution in [0.15, 0.2) is 23.5 Å². The van der Waals surface area contributed by atoms with Crippen molar-refractivity contribution in [3.05, 3.63) is 23.5 Å². The molecule has 0 aromatic carbocycles. The Balaban J connectivity index is 3.13. The van der Waals surface area contributed by atoms with Crippen molar-refractivity contribution < 1.29 is 29.7 Å². The summed E-state index contributed by atoms with van der Waals surface area (Å²) < 4.78 is 0. The number of carboxylic acids is 3. The minimum absolute atomic E-state index is 0.205. The molecule has 0 aromatic rings. The van der Waals surface area contributed by atoms with E-state index in [2.05, 4.69) is 0 Å². The van der Waals surface area contributed by atoms with Gasteiger partial charge in [-0.05, 0) is 6.42 Å². The number of aliphatic carboxylic acids is 3. The van der Waals surface area contributed by atoms with Crippen LogP contribution in [0.4, 0.5) is 0 Å². The normalized spacial score (nSPS) is 15.6. The lowest BCUT2D eigenvalue weighted by atomic mass is 9.86. The average molecular weight is 283 g/mol. The average Bonchev–Trinajstić information content (AvgIpc) is 2.35. The quantitative estimate of drug-likeness (QED) is 0.641. The molecule has 0 aliphatic carbocycles. The first kappa shape index (κ1) is 15.7. The molecule has 0 bridgehead atoms. The van der Waals surface area contributed by atoms with Crippen molar-refractivity contribution in [3.63, 3.8) is 0 Å². The molecule has 20 heavy (non-hydrogen) atoms. The highest BCUT2D eigenvalue weighted by Crippen LogP contribution is 2.30. The van der Waals surface area contributed by atoms with Crippen LogP contribution in [0.1, 0.15) is 26.2 Å². The van der Waals surface area contributed by atoms with Gasteiger partial charge in [-0.3, -0.25) is 4.79 Å². The summed E-state index contributed by atoms with van der Waals surface area (Å²) >= 11 is 0. The Bertz CT molecular complexity index is 447. The summed E-state index contributed by atoms with van der Waals surface area (Å²) in [7, 11) is 0. The third-order valence-corrected chi connectivity index (χ3v) is 3.00. The van der Waals surface area contributed by atoms with Gasteiger partial charge in [0.25, 0.3) is 0 Å². The highest BCUT2D eigenvalue weighted by atomic mass is 16.4. The Kier molecular flexibility index (Phi) is 5.31. The van der Waals surface area contributed by atoms with Gasteiger partial charge in [0.05, 0.1) is 17.6 Å². The van der Waals surface area contributed by atoms with Crippen LogP contribution in [0.5, 0.6) is 0 Å². The second-order valence-electron chi connectivity index (χ2n) is 4.52. The molecule has 0 amide bonds. The van der Waals surface area contributed by atoms with Crippen molar-refractivity contribution in [2.24, 2.45) is 5.92 Å². The molecule has 0 unspecified atom stereocenters. The van der Waals surface area contributed by atoms with Crippen molar-refractivity contribution in [1.29, 1.82) is 0 Å². The van der Waals surface area contributed by atoms with Crippen molar-refractivity contribution in [2.75, 3.05) is 6.54 Å². The predicted molar refractivity (Wildman–Crippen MR) is 68.8 cm³/mol. The van der Waals surface area contributed by atoms with E-state index >= 15 is 0 Å². The van der Waals surface area contributed by atoms with E-state index in [9.17, 15) is 14.4 Å². The predicted octanol–water partition coefficient (Wildman–Crippen LogP) is 1.13. The molecule has 1 rings (SSSR count). The Morgan fingerprint density at radius 2 is 1.60 bits per heavy atom. The molecule has 1 aliphatic heterocycles. The van der Waals surface area contributed by atoms with Gasteiger partial charge in [-0.2, -0.15) is 0 Å². The summed E-state index contributed by atoms with van der Waals surface area (Å²) in [6, 6.07) is 0. The molecular formula is C13H17NO6. The molecule has 0 aromatic heterocycles.